The average molecular weight is 209 g/mol. The maximum Gasteiger partial charge on any atom is 0.303 e. The average Bonchev–Trinajstić information content (AvgIpc) is 2.02. The smallest absolute Gasteiger partial charge is 0.302 e. The van der Waals surface area contributed by atoms with Crippen LogP contribution >= 0.6 is 0 Å². The van der Waals surface area contributed by atoms with Crippen molar-refractivity contribution in [3.63, 3.8) is 0 Å². The van der Waals surface area contributed by atoms with Crippen LogP contribution < -0.4 is 0 Å². The zero-order valence-corrected chi connectivity index (χ0v) is 8.69. The molecule has 0 aliphatic carbocycles. The van der Waals surface area contributed by atoms with Gasteiger partial charge in [-0.3, -0.25) is 0 Å². The second-order valence-electron chi connectivity index (χ2n) is 3.77. The van der Waals surface area contributed by atoms with Crippen LogP contribution in [0, 0.1) is 5.92 Å². The van der Waals surface area contributed by atoms with Gasteiger partial charge in [-0.25, -0.2) is 0 Å². The highest BCUT2D eigenvalue weighted by molar-refractivity contribution is 7.86. The monoisotopic (exact) mass is 209 g/mol. The summed E-state index contributed by atoms with van der Waals surface area (Å²) in [5.74, 6) is 0.361. The maximum atomic E-state index is 12.2. The fourth-order valence-electron chi connectivity index (χ4n) is 1.52. The minimum absolute atomic E-state index is 0.339. The predicted molar refractivity (Wildman–Crippen MR) is 49.7 cm³/mol. The first-order valence-electron chi connectivity index (χ1n) is 4.62. The van der Waals surface area contributed by atoms with Gasteiger partial charge in [0, 0.05) is 6.54 Å². The van der Waals surface area contributed by atoms with Crippen molar-refractivity contribution < 1.29 is 12.3 Å². The summed E-state index contributed by atoms with van der Waals surface area (Å²) in [6.45, 7) is 4.32. The molecule has 0 aromatic carbocycles. The Labute approximate surface area is 79.1 Å². The minimum atomic E-state index is -4.28. The third kappa shape index (κ3) is 4.57. The van der Waals surface area contributed by atoms with Crippen LogP contribution in [0.15, 0.2) is 0 Å². The van der Waals surface area contributed by atoms with Gasteiger partial charge in [-0.05, 0) is 31.8 Å². The first-order valence-corrected chi connectivity index (χ1v) is 6.17. The van der Waals surface area contributed by atoms with E-state index in [0.29, 0.717) is 6.54 Å². The van der Waals surface area contributed by atoms with Crippen molar-refractivity contribution in [2.75, 3.05) is 25.4 Å². The summed E-state index contributed by atoms with van der Waals surface area (Å²) in [5.41, 5.74) is 0. The molecule has 0 bridgehead atoms. The van der Waals surface area contributed by atoms with Crippen LogP contribution in [-0.4, -0.2) is 38.7 Å². The summed E-state index contributed by atoms with van der Waals surface area (Å²) in [6.07, 6.45) is 2.18. The van der Waals surface area contributed by atoms with E-state index in [1.54, 1.807) is 0 Å². The number of hydrogen-bond donors (Lipinski definition) is 0. The normalized spacial score (nSPS) is 22.0. The lowest BCUT2D eigenvalue weighted by Crippen LogP contribution is -2.35. The topological polar surface area (TPSA) is 37.4 Å². The Morgan fingerprint density at radius 2 is 1.92 bits per heavy atom. The second-order valence-corrected chi connectivity index (χ2v) is 5.25. The number of likely N-dealkylation sites (tertiary alicyclic amines) is 1. The van der Waals surface area contributed by atoms with Gasteiger partial charge in [0.1, 0.15) is 0 Å². The summed E-state index contributed by atoms with van der Waals surface area (Å²) < 4.78 is 32.7. The zero-order valence-electron chi connectivity index (χ0n) is 7.87. The van der Waals surface area contributed by atoms with Crippen LogP contribution in [0.2, 0.25) is 0 Å². The Balaban J connectivity index is 2.24. The lowest BCUT2D eigenvalue weighted by molar-refractivity contribution is 0.201. The van der Waals surface area contributed by atoms with Crippen LogP contribution in [0.25, 0.3) is 0 Å². The molecule has 13 heavy (non-hydrogen) atoms. The highest BCUT2D eigenvalue weighted by atomic mass is 32.3. The molecule has 1 rings (SSSR count). The minimum Gasteiger partial charge on any atom is -0.302 e. The largest absolute Gasteiger partial charge is 0.303 e. The van der Waals surface area contributed by atoms with E-state index in [0.717, 1.165) is 31.8 Å². The Morgan fingerprint density at radius 1 is 1.38 bits per heavy atom. The van der Waals surface area contributed by atoms with Crippen molar-refractivity contribution in [3.05, 3.63) is 0 Å². The van der Waals surface area contributed by atoms with Gasteiger partial charge in [-0.1, -0.05) is 6.92 Å². The summed E-state index contributed by atoms with van der Waals surface area (Å²) in [7, 11) is -4.28. The van der Waals surface area contributed by atoms with Crippen molar-refractivity contribution in [2.45, 2.75) is 19.8 Å². The van der Waals surface area contributed by atoms with Crippen LogP contribution in [0.3, 0.4) is 0 Å². The van der Waals surface area contributed by atoms with E-state index < -0.39 is 10.2 Å². The van der Waals surface area contributed by atoms with E-state index in [2.05, 4.69) is 6.92 Å². The zero-order chi connectivity index (χ0) is 9.90. The quantitative estimate of drug-likeness (QED) is 0.651. The molecule has 5 heteroatoms. The van der Waals surface area contributed by atoms with Crippen molar-refractivity contribution in [2.24, 2.45) is 5.92 Å². The molecule has 0 N–H and O–H groups in total. The molecule has 1 aliphatic heterocycles. The van der Waals surface area contributed by atoms with E-state index >= 15 is 0 Å². The van der Waals surface area contributed by atoms with Crippen molar-refractivity contribution in [1.82, 2.24) is 4.90 Å². The number of piperidine rings is 1. The first-order chi connectivity index (χ1) is 5.97. The summed E-state index contributed by atoms with van der Waals surface area (Å²) in [6, 6.07) is 0. The molecule has 0 saturated carbocycles. The lowest BCUT2D eigenvalue weighted by atomic mass is 9.99. The SMILES string of the molecule is CC1CCN(CCS(=O)(=O)F)CC1. The second kappa shape index (κ2) is 4.37. The Hall–Kier alpha value is -0.160. The summed E-state index contributed by atoms with van der Waals surface area (Å²) in [5, 5.41) is 0. The highest BCUT2D eigenvalue weighted by Crippen LogP contribution is 2.15. The van der Waals surface area contributed by atoms with E-state index in [1.165, 1.54) is 0 Å². The van der Waals surface area contributed by atoms with E-state index in [-0.39, 0.29) is 5.75 Å². The molecule has 1 saturated heterocycles. The molecule has 0 radical (unpaired) electrons. The molecule has 1 aliphatic rings. The molecule has 0 unspecified atom stereocenters. The van der Waals surface area contributed by atoms with Crippen molar-refractivity contribution in [3.8, 4) is 0 Å². The third-order valence-electron chi connectivity index (χ3n) is 2.53. The fraction of sp³-hybridized carbons (Fsp3) is 1.00. The van der Waals surface area contributed by atoms with Crippen LogP contribution in [0.4, 0.5) is 3.89 Å². The molecule has 0 aromatic rings. The van der Waals surface area contributed by atoms with E-state index in [9.17, 15) is 12.3 Å². The molecule has 0 spiro atoms. The van der Waals surface area contributed by atoms with Crippen LogP contribution in [-0.2, 0) is 10.2 Å². The number of hydrogen-bond acceptors (Lipinski definition) is 3. The van der Waals surface area contributed by atoms with Crippen LogP contribution in [0.1, 0.15) is 19.8 Å². The van der Waals surface area contributed by atoms with Gasteiger partial charge in [-0.2, -0.15) is 8.42 Å². The number of halogens is 1. The van der Waals surface area contributed by atoms with Gasteiger partial charge >= 0.3 is 10.2 Å². The van der Waals surface area contributed by atoms with Gasteiger partial charge in [0.25, 0.3) is 0 Å². The van der Waals surface area contributed by atoms with Crippen LogP contribution in [0.5, 0.6) is 0 Å². The van der Waals surface area contributed by atoms with E-state index in [1.807, 2.05) is 4.90 Å². The standard InChI is InChI=1S/C8H16FNO2S/c1-8-2-4-10(5-3-8)6-7-13(9,11)12/h8H,2-7H2,1H3. The maximum absolute atomic E-state index is 12.2. The van der Waals surface area contributed by atoms with Gasteiger partial charge in [0.2, 0.25) is 0 Å². The van der Waals surface area contributed by atoms with Gasteiger partial charge in [0.05, 0.1) is 5.75 Å². The number of rotatable bonds is 3. The number of nitrogens with zero attached hydrogens (tertiary/aromatic N) is 1. The molecule has 0 amide bonds. The van der Waals surface area contributed by atoms with Crippen molar-refractivity contribution >= 4 is 10.2 Å². The molecular weight excluding hydrogens is 193 g/mol. The Bertz CT molecular complexity index is 245. The Morgan fingerprint density at radius 3 is 2.38 bits per heavy atom. The predicted octanol–water partition coefficient (Wildman–Crippen LogP) is 1.02. The molecule has 0 atom stereocenters. The highest BCUT2D eigenvalue weighted by Gasteiger charge is 2.17. The van der Waals surface area contributed by atoms with Gasteiger partial charge in [-0.15, -0.1) is 3.89 Å². The molecule has 0 aromatic heterocycles. The fourth-order valence-corrected chi connectivity index (χ4v) is 2.00. The molecule has 1 fully saturated rings. The third-order valence-corrected chi connectivity index (χ3v) is 3.20. The molecule has 1 heterocycles. The summed E-state index contributed by atoms with van der Waals surface area (Å²) in [4.78, 5) is 2.01. The van der Waals surface area contributed by atoms with E-state index in [4.69, 9.17) is 0 Å². The Kier molecular flexibility index (Phi) is 3.67. The van der Waals surface area contributed by atoms with Crippen molar-refractivity contribution in [1.29, 1.82) is 0 Å². The molecule has 3 nitrogen and oxygen atoms in total. The summed E-state index contributed by atoms with van der Waals surface area (Å²) >= 11 is 0. The molecule has 78 valence electrons. The lowest BCUT2D eigenvalue weighted by Gasteiger charge is -2.29. The van der Waals surface area contributed by atoms with Gasteiger partial charge in [0.15, 0.2) is 0 Å². The first kappa shape index (κ1) is 10.9. The molecular formula is C8H16FNO2S. The van der Waals surface area contributed by atoms with Gasteiger partial charge < -0.3 is 4.90 Å².